The minimum Gasteiger partial charge on any atom is -0.345 e. The summed E-state index contributed by atoms with van der Waals surface area (Å²) in [4.78, 5) is 18.8. The van der Waals surface area contributed by atoms with Crippen molar-refractivity contribution < 1.29 is 4.79 Å². The van der Waals surface area contributed by atoms with Crippen molar-refractivity contribution in [3.8, 4) is 0 Å². The van der Waals surface area contributed by atoms with Crippen LogP contribution in [0.15, 0.2) is 48.5 Å². The summed E-state index contributed by atoms with van der Waals surface area (Å²) in [5, 5.41) is 0. The zero-order valence-electron chi connectivity index (χ0n) is 17.7. The van der Waals surface area contributed by atoms with E-state index in [0.29, 0.717) is 5.92 Å². The molecule has 1 aliphatic rings. The van der Waals surface area contributed by atoms with Gasteiger partial charge in [-0.25, -0.2) is 0 Å². The first-order valence-corrected chi connectivity index (χ1v) is 10.3. The highest BCUT2D eigenvalue weighted by atomic mass is 16.2. The number of hydrogen-bond donors (Lipinski definition) is 0. The van der Waals surface area contributed by atoms with Crippen LogP contribution in [0, 0.1) is 0 Å². The molecular formula is C24H33N3O. The Kier molecular flexibility index (Phi) is 6.87. The van der Waals surface area contributed by atoms with E-state index in [9.17, 15) is 4.79 Å². The third-order valence-electron chi connectivity index (χ3n) is 5.50. The molecule has 4 nitrogen and oxygen atoms in total. The lowest BCUT2D eigenvalue weighted by Crippen LogP contribution is -2.45. The average Bonchev–Trinajstić information content (AvgIpc) is 2.69. The van der Waals surface area contributed by atoms with Crippen LogP contribution in [0.2, 0.25) is 0 Å². The Morgan fingerprint density at radius 2 is 1.46 bits per heavy atom. The van der Waals surface area contributed by atoms with Crippen molar-refractivity contribution in [1.29, 1.82) is 0 Å². The van der Waals surface area contributed by atoms with E-state index in [1.54, 1.807) is 19.0 Å². The van der Waals surface area contributed by atoms with Crippen molar-refractivity contribution >= 4 is 5.91 Å². The van der Waals surface area contributed by atoms with Crippen LogP contribution in [0.1, 0.15) is 46.8 Å². The van der Waals surface area contributed by atoms with Gasteiger partial charge in [-0.05, 0) is 34.7 Å². The fraction of sp³-hybridized carbons (Fsp3) is 0.458. The van der Waals surface area contributed by atoms with Gasteiger partial charge in [-0.3, -0.25) is 14.6 Å². The van der Waals surface area contributed by atoms with Crippen molar-refractivity contribution in [2.45, 2.75) is 32.9 Å². The third-order valence-corrected chi connectivity index (χ3v) is 5.50. The molecule has 0 bridgehead atoms. The van der Waals surface area contributed by atoms with Gasteiger partial charge in [0.1, 0.15) is 0 Å². The van der Waals surface area contributed by atoms with Crippen LogP contribution in [0.25, 0.3) is 0 Å². The molecule has 0 aliphatic carbocycles. The van der Waals surface area contributed by atoms with Crippen molar-refractivity contribution in [2.75, 3.05) is 40.3 Å². The summed E-state index contributed by atoms with van der Waals surface area (Å²) in [6.45, 7) is 10.7. The highest BCUT2D eigenvalue weighted by molar-refractivity contribution is 5.94. The predicted octanol–water partition coefficient (Wildman–Crippen LogP) is 3.83. The van der Waals surface area contributed by atoms with E-state index in [1.165, 1.54) is 16.7 Å². The molecule has 3 rings (SSSR count). The summed E-state index contributed by atoms with van der Waals surface area (Å²) in [6.07, 6.45) is 0. The molecule has 1 aliphatic heterocycles. The summed E-state index contributed by atoms with van der Waals surface area (Å²) < 4.78 is 0. The first-order valence-electron chi connectivity index (χ1n) is 10.3. The van der Waals surface area contributed by atoms with E-state index in [1.807, 2.05) is 18.2 Å². The topological polar surface area (TPSA) is 26.8 Å². The summed E-state index contributed by atoms with van der Waals surface area (Å²) in [7, 11) is 3.59. The maximum absolute atomic E-state index is 12.2. The highest BCUT2D eigenvalue weighted by Gasteiger charge is 2.18. The first kappa shape index (κ1) is 20.6. The number of carbonyl (C=O) groups excluding carboxylic acids is 1. The van der Waals surface area contributed by atoms with Crippen LogP contribution >= 0.6 is 0 Å². The third kappa shape index (κ3) is 5.43. The molecule has 0 atom stereocenters. The van der Waals surface area contributed by atoms with Gasteiger partial charge in [-0.15, -0.1) is 0 Å². The minimum atomic E-state index is 0.0650. The number of amides is 1. The first-order chi connectivity index (χ1) is 13.4. The quantitative estimate of drug-likeness (QED) is 0.763. The fourth-order valence-electron chi connectivity index (χ4n) is 3.69. The number of rotatable bonds is 6. The summed E-state index contributed by atoms with van der Waals surface area (Å²) in [6, 6.07) is 17.1. The molecule has 0 unspecified atom stereocenters. The normalized spacial score (nSPS) is 15.8. The lowest BCUT2D eigenvalue weighted by Gasteiger charge is -2.34. The lowest BCUT2D eigenvalue weighted by atomic mass is 10.0. The van der Waals surface area contributed by atoms with Gasteiger partial charge in [-0.2, -0.15) is 0 Å². The summed E-state index contributed by atoms with van der Waals surface area (Å²) in [5.41, 5.74) is 4.78. The second kappa shape index (κ2) is 9.35. The van der Waals surface area contributed by atoms with E-state index in [0.717, 1.165) is 44.8 Å². The number of carbonyl (C=O) groups is 1. The van der Waals surface area contributed by atoms with E-state index in [2.05, 4.69) is 54.0 Å². The standard InChI is InChI=1S/C24H33N3O/c1-19(2)22-10-8-20(9-11-22)17-26-12-14-27(15-13-26)18-21-6-5-7-23(16-21)24(28)25(3)4/h5-11,16,19H,12-15,17-18H2,1-4H3. The number of benzene rings is 2. The van der Waals surface area contributed by atoms with Gasteiger partial charge < -0.3 is 4.90 Å². The Morgan fingerprint density at radius 3 is 2.00 bits per heavy atom. The van der Waals surface area contributed by atoms with Gasteiger partial charge >= 0.3 is 0 Å². The Balaban J connectivity index is 1.50. The second-order valence-corrected chi connectivity index (χ2v) is 8.35. The van der Waals surface area contributed by atoms with Gasteiger partial charge in [-0.1, -0.05) is 50.2 Å². The molecule has 2 aromatic carbocycles. The highest BCUT2D eigenvalue weighted by Crippen LogP contribution is 2.17. The smallest absolute Gasteiger partial charge is 0.253 e. The Labute approximate surface area is 169 Å². The van der Waals surface area contributed by atoms with Crippen LogP contribution < -0.4 is 0 Å². The fourth-order valence-corrected chi connectivity index (χ4v) is 3.69. The molecule has 0 N–H and O–H groups in total. The van der Waals surface area contributed by atoms with Crippen LogP contribution in [-0.2, 0) is 13.1 Å². The molecule has 0 aromatic heterocycles. The summed E-state index contributed by atoms with van der Waals surface area (Å²) in [5.74, 6) is 0.652. The number of piperazine rings is 1. The minimum absolute atomic E-state index is 0.0650. The van der Waals surface area contributed by atoms with Gasteiger partial charge in [0.05, 0.1) is 0 Å². The van der Waals surface area contributed by atoms with E-state index in [4.69, 9.17) is 0 Å². The van der Waals surface area contributed by atoms with Crippen molar-refractivity contribution in [3.63, 3.8) is 0 Å². The van der Waals surface area contributed by atoms with Gasteiger partial charge in [0, 0.05) is 58.9 Å². The van der Waals surface area contributed by atoms with Crippen molar-refractivity contribution in [3.05, 3.63) is 70.8 Å². The monoisotopic (exact) mass is 379 g/mol. The van der Waals surface area contributed by atoms with Crippen molar-refractivity contribution in [1.82, 2.24) is 14.7 Å². The largest absolute Gasteiger partial charge is 0.345 e. The maximum Gasteiger partial charge on any atom is 0.253 e. The average molecular weight is 380 g/mol. The molecule has 1 heterocycles. The van der Waals surface area contributed by atoms with E-state index < -0.39 is 0 Å². The van der Waals surface area contributed by atoms with Crippen LogP contribution in [0.4, 0.5) is 0 Å². The van der Waals surface area contributed by atoms with Crippen LogP contribution in [-0.4, -0.2) is 60.9 Å². The molecule has 150 valence electrons. The molecule has 1 fully saturated rings. The predicted molar refractivity (Wildman–Crippen MR) is 116 cm³/mol. The zero-order valence-corrected chi connectivity index (χ0v) is 17.7. The second-order valence-electron chi connectivity index (χ2n) is 8.35. The van der Waals surface area contributed by atoms with E-state index >= 15 is 0 Å². The van der Waals surface area contributed by atoms with Gasteiger partial charge in [0.2, 0.25) is 0 Å². The van der Waals surface area contributed by atoms with Gasteiger partial charge in [0.15, 0.2) is 0 Å². The Bertz CT molecular complexity index is 775. The zero-order chi connectivity index (χ0) is 20.1. The molecule has 1 amide bonds. The van der Waals surface area contributed by atoms with Gasteiger partial charge in [0.25, 0.3) is 5.91 Å². The molecule has 0 saturated carbocycles. The molecule has 4 heteroatoms. The van der Waals surface area contributed by atoms with Crippen LogP contribution in [0.3, 0.4) is 0 Å². The number of hydrogen-bond acceptors (Lipinski definition) is 3. The molecule has 1 saturated heterocycles. The lowest BCUT2D eigenvalue weighted by molar-refractivity contribution is 0.0827. The Morgan fingerprint density at radius 1 is 0.893 bits per heavy atom. The molecule has 2 aromatic rings. The van der Waals surface area contributed by atoms with Crippen molar-refractivity contribution in [2.24, 2.45) is 0 Å². The maximum atomic E-state index is 12.2. The Hall–Kier alpha value is -2.17. The summed E-state index contributed by atoms with van der Waals surface area (Å²) >= 11 is 0. The number of nitrogens with zero attached hydrogens (tertiary/aromatic N) is 3. The molecule has 28 heavy (non-hydrogen) atoms. The van der Waals surface area contributed by atoms with Crippen LogP contribution in [0.5, 0.6) is 0 Å². The molecular weight excluding hydrogens is 346 g/mol. The molecule has 0 radical (unpaired) electrons. The SMILES string of the molecule is CC(C)c1ccc(CN2CCN(Cc3cccc(C(=O)N(C)C)c3)CC2)cc1. The van der Waals surface area contributed by atoms with E-state index in [-0.39, 0.29) is 5.91 Å². The molecule has 0 spiro atoms.